The molecular weight excluding hydrogens is 304 g/mol. The van der Waals surface area contributed by atoms with E-state index in [2.05, 4.69) is 6.58 Å². The van der Waals surface area contributed by atoms with Gasteiger partial charge in [0.25, 0.3) is 0 Å². The quantitative estimate of drug-likeness (QED) is 0.312. The number of esters is 2. The van der Waals surface area contributed by atoms with Gasteiger partial charge in [-0.1, -0.05) is 55.1 Å². The van der Waals surface area contributed by atoms with Crippen LogP contribution in [0.15, 0.2) is 67.3 Å². The van der Waals surface area contributed by atoms with Gasteiger partial charge in [-0.25, -0.2) is 9.59 Å². The van der Waals surface area contributed by atoms with E-state index in [0.717, 1.165) is 27.6 Å². The Kier molecular flexibility index (Phi) is 4.29. The summed E-state index contributed by atoms with van der Waals surface area (Å²) in [5.74, 6) is -1.18. The molecule has 0 aromatic heterocycles. The maximum atomic E-state index is 12.7. The Morgan fingerprint density at radius 3 is 2.04 bits per heavy atom. The van der Waals surface area contributed by atoms with Gasteiger partial charge in [0, 0.05) is 13.0 Å². The molecule has 0 amide bonds. The van der Waals surface area contributed by atoms with E-state index in [1.165, 1.54) is 6.92 Å². The van der Waals surface area contributed by atoms with Crippen molar-refractivity contribution in [3.8, 4) is 0 Å². The van der Waals surface area contributed by atoms with Crippen LogP contribution in [0.2, 0.25) is 0 Å². The van der Waals surface area contributed by atoms with E-state index in [1.807, 2.05) is 54.6 Å². The molecule has 1 unspecified atom stereocenters. The first-order valence-corrected chi connectivity index (χ1v) is 7.54. The van der Waals surface area contributed by atoms with Crippen LogP contribution in [0.4, 0.5) is 0 Å². The standard InChI is InChI=1S/C20H16O4/c1-3-18(21)23-13(2)24-20(22)19-16-10-6-4-8-14(16)12-15-9-5-7-11-17(15)19/h3-13H,1H2,2H3. The van der Waals surface area contributed by atoms with Crippen molar-refractivity contribution >= 4 is 33.5 Å². The van der Waals surface area contributed by atoms with Gasteiger partial charge in [0.1, 0.15) is 0 Å². The van der Waals surface area contributed by atoms with Crippen LogP contribution in [-0.2, 0) is 14.3 Å². The minimum Gasteiger partial charge on any atom is -0.422 e. The molecule has 0 fully saturated rings. The van der Waals surface area contributed by atoms with Crippen LogP contribution in [0.5, 0.6) is 0 Å². The normalized spacial score (nSPS) is 11.9. The molecule has 24 heavy (non-hydrogen) atoms. The van der Waals surface area contributed by atoms with Crippen LogP contribution in [0, 0.1) is 0 Å². The van der Waals surface area contributed by atoms with Gasteiger partial charge in [-0.3, -0.25) is 0 Å². The van der Waals surface area contributed by atoms with Gasteiger partial charge in [-0.2, -0.15) is 0 Å². The third kappa shape index (κ3) is 2.99. The molecule has 0 bridgehead atoms. The summed E-state index contributed by atoms with van der Waals surface area (Å²) < 4.78 is 10.2. The predicted molar refractivity (Wildman–Crippen MR) is 92.6 cm³/mol. The molecule has 0 N–H and O–H groups in total. The van der Waals surface area contributed by atoms with Crippen molar-refractivity contribution in [3.63, 3.8) is 0 Å². The molecule has 0 aliphatic rings. The molecular formula is C20H16O4. The van der Waals surface area contributed by atoms with E-state index in [0.29, 0.717) is 5.56 Å². The molecule has 3 aromatic rings. The first-order valence-electron chi connectivity index (χ1n) is 7.54. The summed E-state index contributed by atoms with van der Waals surface area (Å²) in [7, 11) is 0. The summed E-state index contributed by atoms with van der Waals surface area (Å²) in [6, 6.07) is 17.2. The van der Waals surface area contributed by atoms with Crippen LogP contribution in [0.1, 0.15) is 17.3 Å². The van der Waals surface area contributed by atoms with Crippen molar-refractivity contribution in [2.45, 2.75) is 13.2 Å². The third-order valence-electron chi connectivity index (χ3n) is 3.70. The van der Waals surface area contributed by atoms with Gasteiger partial charge in [-0.15, -0.1) is 0 Å². The van der Waals surface area contributed by atoms with Crippen molar-refractivity contribution in [1.82, 2.24) is 0 Å². The molecule has 0 radical (unpaired) electrons. The van der Waals surface area contributed by atoms with Crippen molar-refractivity contribution in [1.29, 1.82) is 0 Å². The monoisotopic (exact) mass is 320 g/mol. The number of ether oxygens (including phenoxy) is 2. The second-order valence-electron chi connectivity index (χ2n) is 5.31. The maximum Gasteiger partial charge on any atom is 0.342 e. The Labute approximate surface area is 139 Å². The summed E-state index contributed by atoms with van der Waals surface area (Å²) in [6.45, 7) is 4.81. The Balaban J connectivity index is 2.07. The SMILES string of the molecule is C=CC(=O)OC(C)OC(=O)c1c2ccccc2cc2ccccc12. The number of carbonyl (C=O) groups is 2. The lowest BCUT2D eigenvalue weighted by Gasteiger charge is -2.15. The highest BCUT2D eigenvalue weighted by Gasteiger charge is 2.19. The fourth-order valence-electron chi connectivity index (χ4n) is 2.68. The molecule has 0 aliphatic heterocycles. The number of fused-ring (bicyclic) bond motifs is 2. The van der Waals surface area contributed by atoms with Gasteiger partial charge in [0.15, 0.2) is 0 Å². The van der Waals surface area contributed by atoms with E-state index in [-0.39, 0.29) is 0 Å². The average molecular weight is 320 g/mol. The van der Waals surface area contributed by atoms with Crippen LogP contribution in [-0.4, -0.2) is 18.2 Å². The smallest absolute Gasteiger partial charge is 0.342 e. The van der Waals surface area contributed by atoms with Crippen LogP contribution in [0.25, 0.3) is 21.5 Å². The molecule has 0 saturated heterocycles. The van der Waals surface area contributed by atoms with Gasteiger partial charge >= 0.3 is 11.9 Å². The van der Waals surface area contributed by atoms with Crippen molar-refractivity contribution in [3.05, 3.63) is 72.8 Å². The van der Waals surface area contributed by atoms with Gasteiger partial charge in [0.2, 0.25) is 6.29 Å². The van der Waals surface area contributed by atoms with Gasteiger partial charge < -0.3 is 9.47 Å². The first kappa shape index (κ1) is 15.7. The van der Waals surface area contributed by atoms with Gasteiger partial charge in [0.05, 0.1) is 5.56 Å². The predicted octanol–water partition coefficient (Wildman–Crippen LogP) is 4.23. The second-order valence-corrected chi connectivity index (χ2v) is 5.31. The molecule has 0 heterocycles. The van der Waals surface area contributed by atoms with Crippen LogP contribution < -0.4 is 0 Å². The number of hydrogen-bond donors (Lipinski definition) is 0. The zero-order valence-electron chi connectivity index (χ0n) is 13.2. The third-order valence-corrected chi connectivity index (χ3v) is 3.70. The molecule has 0 aliphatic carbocycles. The van der Waals surface area contributed by atoms with E-state index < -0.39 is 18.2 Å². The van der Waals surface area contributed by atoms with E-state index in [4.69, 9.17) is 9.47 Å². The number of rotatable bonds is 4. The summed E-state index contributed by atoms with van der Waals surface area (Å²) in [5.41, 5.74) is 0.463. The van der Waals surface area contributed by atoms with E-state index in [9.17, 15) is 9.59 Å². The summed E-state index contributed by atoms with van der Waals surface area (Å²) >= 11 is 0. The number of carbonyl (C=O) groups excluding carboxylic acids is 2. The Morgan fingerprint density at radius 2 is 1.50 bits per heavy atom. The lowest BCUT2D eigenvalue weighted by Crippen LogP contribution is -2.21. The molecule has 4 heteroatoms. The largest absolute Gasteiger partial charge is 0.422 e. The highest BCUT2D eigenvalue weighted by molar-refractivity contribution is 6.16. The topological polar surface area (TPSA) is 52.6 Å². The Morgan fingerprint density at radius 1 is 0.958 bits per heavy atom. The highest BCUT2D eigenvalue weighted by atomic mass is 16.7. The van der Waals surface area contributed by atoms with E-state index in [1.54, 1.807) is 0 Å². The molecule has 0 spiro atoms. The van der Waals surface area contributed by atoms with Crippen molar-refractivity contribution < 1.29 is 19.1 Å². The molecule has 1 atom stereocenters. The maximum absolute atomic E-state index is 12.7. The molecule has 3 rings (SSSR count). The van der Waals surface area contributed by atoms with Crippen molar-refractivity contribution in [2.24, 2.45) is 0 Å². The number of hydrogen-bond acceptors (Lipinski definition) is 4. The average Bonchev–Trinajstić information content (AvgIpc) is 2.59. The highest BCUT2D eigenvalue weighted by Crippen LogP contribution is 2.29. The van der Waals surface area contributed by atoms with E-state index >= 15 is 0 Å². The zero-order valence-corrected chi connectivity index (χ0v) is 13.2. The lowest BCUT2D eigenvalue weighted by atomic mass is 9.97. The summed E-state index contributed by atoms with van der Waals surface area (Å²) in [5, 5.41) is 3.48. The Hall–Kier alpha value is -3.14. The zero-order chi connectivity index (χ0) is 17.1. The summed E-state index contributed by atoms with van der Waals surface area (Å²) in [4.78, 5) is 23.9. The van der Waals surface area contributed by atoms with Gasteiger partial charge in [-0.05, 0) is 27.6 Å². The first-order chi connectivity index (χ1) is 11.6. The fraction of sp³-hybridized carbons (Fsp3) is 0.100. The second kappa shape index (κ2) is 6.54. The molecule has 4 nitrogen and oxygen atoms in total. The molecule has 0 saturated carbocycles. The molecule has 120 valence electrons. The summed E-state index contributed by atoms with van der Waals surface area (Å²) in [6.07, 6.45) is 0.0261. The lowest BCUT2D eigenvalue weighted by molar-refractivity contribution is -0.159. The number of benzene rings is 3. The fourth-order valence-corrected chi connectivity index (χ4v) is 2.68. The van der Waals surface area contributed by atoms with Crippen LogP contribution in [0.3, 0.4) is 0 Å². The Bertz CT molecular complexity index is 889. The van der Waals surface area contributed by atoms with Crippen molar-refractivity contribution in [2.75, 3.05) is 0 Å². The van der Waals surface area contributed by atoms with Crippen LogP contribution >= 0.6 is 0 Å². The molecule has 3 aromatic carbocycles. The minimum atomic E-state index is -0.999. The minimum absolute atomic E-state index is 0.463.